The molecule has 4 heterocycles. The monoisotopic (exact) mass is 645 g/mol. The second-order valence-electron chi connectivity index (χ2n) is 16.3. The molecule has 6 aromatic rings. The number of fused-ring (bicyclic) bond motifs is 4. The molecule has 0 atom stereocenters. The van der Waals surface area contributed by atoms with Crippen molar-refractivity contribution in [1.29, 1.82) is 0 Å². The van der Waals surface area contributed by atoms with E-state index in [1.54, 1.807) is 0 Å². The molecule has 0 amide bonds. The number of ether oxygens (including phenoxy) is 1. The number of hydrogen-bond acceptors (Lipinski definition) is 5. The van der Waals surface area contributed by atoms with Crippen molar-refractivity contribution in [3.05, 3.63) is 109 Å². The van der Waals surface area contributed by atoms with Crippen molar-refractivity contribution in [3.8, 4) is 17.3 Å². The molecule has 4 fully saturated rings. The van der Waals surface area contributed by atoms with Gasteiger partial charge in [-0.15, -0.1) is 0 Å². The van der Waals surface area contributed by atoms with E-state index in [1.165, 1.54) is 66.2 Å². The Kier molecular flexibility index (Phi) is 6.28. The highest BCUT2D eigenvalue weighted by Gasteiger charge is 2.55. The minimum atomic E-state index is 0.0218. The van der Waals surface area contributed by atoms with Crippen LogP contribution in [0.2, 0.25) is 0 Å². The number of pyridine rings is 2. The minimum absolute atomic E-state index is 0.0218. The number of para-hydroxylation sites is 1. The molecule has 1 aliphatic heterocycles. The fourth-order valence-corrected chi connectivity index (χ4v) is 10.2. The average molecular weight is 646 g/mol. The minimum Gasteiger partial charge on any atom is -0.457 e. The van der Waals surface area contributed by atoms with Crippen LogP contribution in [0.15, 0.2) is 104 Å². The molecule has 3 aromatic carbocycles. The summed E-state index contributed by atoms with van der Waals surface area (Å²) >= 11 is 0. The molecule has 0 spiro atoms. The maximum absolute atomic E-state index is 6.68. The van der Waals surface area contributed by atoms with E-state index in [-0.39, 0.29) is 11.0 Å². The van der Waals surface area contributed by atoms with Gasteiger partial charge in [0.05, 0.1) is 35.3 Å². The maximum atomic E-state index is 6.68. The van der Waals surface area contributed by atoms with Crippen LogP contribution in [-0.2, 0) is 5.41 Å². The van der Waals surface area contributed by atoms with E-state index >= 15 is 0 Å². The molecule has 0 unspecified atom stereocenters. The van der Waals surface area contributed by atoms with E-state index in [4.69, 9.17) is 9.72 Å². The molecular weight excluding hydrogens is 603 g/mol. The molecule has 3 aromatic heterocycles. The molecule has 0 saturated heterocycles. The largest absolute Gasteiger partial charge is 0.457 e. The average Bonchev–Trinajstić information content (AvgIpc) is 3.64. The lowest BCUT2D eigenvalue weighted by molar-refractivity contribution is -0.00339. The van der Waals surface area contributed by atoms with Crippen LogP contribution in [0, 0.1) is 17.8 Å². The Balaban J connectivity index is 0.997. The van der Waals surface area contributed by atoms with Crippen molar-refractivity contribution in [2.45, 2.75) is 70.3 Å². The van der Waals surface area contributed by atoms with E-state index < -0.39 is 0 Å². The zero-order valence-corrected chi connectivity index (χ0v) is 28.6. The van der Waals surface area contributed by atoms with Gasteiger partial charge in [-0.1, -0.05) is 45.0 Å². The highest BCUT2D eigenvalue weighted by atomic mass is 16.5. The van der Waals surface area contributed by atoms with Gasteiger partial charge in [0.1, 0.15) is 17.3 Å². The summed E-state index contributed by atoms with van der Waals surface area (Å²) in [5.41, 5.74) is 7.46. The first-order valence-electron chi connectivity index (χ1n) is 18.1. The van der Waals surface area contributed by atoms with E-state index in [0.717, 1.165) is 58.5 Å². The Labute approximate surface area is 288 Å². The third-order valence-electron chi connectivity index (χ3n) is 12.1. The standard InChI is InChI=1S/C43H43N5O/c1-42(2,3)31-13-16-45-41(20-31)48-37-10-5-4-9-35(37)36-12-11-34(22-39(36)48)49-33-8-6-7-32(21-33)46-27-47(38-14-15-44-26-40(38)46)43-23-28-17-29(24-43)19-30(18-28)25-43/h4-16,20-22,26,28-30H,17-19,23-25,27H2,1-3H3. The lowest BCUT2D eigenvalue weighted by Crippen LogP contribution is -2.60. The van der Waals surface area contributed by atoms with Crippen molar-refractivity contribution in [2.75, 3.05) is 16.5 Å². The summed E-state index contributed by atoms with van der Waals surface area (Å²) in [6, 6.07) is 30.2. The number of nitrogens with zero attached hydrogens (tertiary/aromatic N) is 5. The molecule has 11 rings (SSSR count). The van der Waals surface area contributed by atoms with Gasteiger partial charge in [0.25, 0.3) is 0 Å². The van der Waals surface area contributed by atoms with Crippen molar-refractivity contribution >= 4 is 38.9 Å². The van der Waals surface area contributed by atoms with Gasteiger partial charge in [-0.3, -0.25) is 9.55 Å². The van der Waals surface area contributed by atoms with Crippen LogP contribution in [0.25, 0.3) is 27.6 Å². The van der Waals surface area contributed by atoms with E-state index in [9.17, 15) is 0 Å². The van der Waals surface area contributed by atoms with Gasteiger partial charge in [-0.05, 0) is 116 Å². The molecule has 4 aliphatic carbocycles. The molecule has 49 heavy (non-hydrogen) atoms. The lowest BCUT2D eigenvalue weighted by atomic mass is 9.52. The fourth-order valence-electron chi connectivity index (χ4n) is 10.2. The molecular formula is C43H43N5O. The van der Waals surface area contributed by atoms with Crippen molar-refractivity contribution in [3.63, 3.8) is 0 Å². The Morgan fingerprint density at radius 3 is 2.27 bits per heavy atom. The number of aromatic nitrogens is 3. The highest BCUT2D eigenvalue weighted by molar-refractivity contribution is 6.09. The van der Waals surface area contributed by atoms with Crippen molar-refractivity contribution < 1.29 is 4.74 Å². The summed E-state index contributed by atoms with van der Waals surface area (Å²) in [7, 11) is 0. The summed E-state index contributed by atoms with van der Waals surface area (Å²) in [5, 5.41) is 2.39. The smallest absolute Gasteiger partial charge is 0.137 e. The third-order valence-corrected chi connectivity index (χ3v) is 12.1. The zero-order valence-electron chi connectivity index (χ0n) is 28.6. The Morgan fingerprint density at radius 2 is 1.47 bits per heavy atom. The summed E-state index contributed by atoms with van der Waals surface area (Å²) in [6.45, 7) is 7.60. The first-order chi connectivity index (χ1) is 23.8. The topological polar surface area (TPSA) is 46.4 Å². The molecule has 6 heteroatoms. The molecule has 246 valence electrons. The van der Waals surface area contributed by atoms with Gasteiger partial charge < -0.3 is 14.5 Å². The molecule has 5 aliphatic rings. The Bertz CT molecular complexity index is 2210. The molecule has 4 bridgehead atoms. The van der Waals surface area contributed by atoms with Gasteiger partial charge in [0, 0.05) is 46.5 Å². The van der Waals surface area contributed by atoms with Crippen LogP contribution < -0.4 is 14.5 Å². The van der Waals surface area contributed by atoms with E-state index in [2.05, 4.69) is 131 Å². The molecule has 4 saturated carbocycles. The van der Waals surface area contributed by atoms with Gasteiger partial charge >= 0.3 is 0 Å². The molecule has 0 radical (unpaired) electrons. The summed E-state index contributed by atoms with van der Waals surface area (Å²) in [5.74, 6) is 5.25. The van der Waals surface area contributed by atoms with Gasteiger partial charge in [0.2, 0.25) is 0 Å². The number of rotatable bonds is 5. The maximum Gasteiger partial charge on any atom is 0.137 e. The van der Waals surface area contributed by atoms with Gasteiger partial charge in [-0.25, -0.2) is 4.98 Å². The summed E-state index contributed by atoms with van der Waals surface area (Å²) in [4.78, 5) is 14.7. The Hall–Kier alpha value is -4.84. The second kappa shape index (κ2) is 10.6. The zero-order chi connectivity index (χ0) is 32.9. The van der Waals surface area contributed by atoms with Crippen LogP contribution in [-0.4, -0.2) is 26.7 Å². The van der Waals surface area contributed by atoms with Gasteiger partial charge in [-0.2, -0.15) is 0 Å². The highest BCUT2D eigenvalue weighted by Crippen LogP contribution is 2.60. The van der Waals surface area contributed by atoms with E-state index in [1.807, 2.05) is 12.4 Å². The number of anilines is 3. The van der Waals surface area contributed by atoms with Gasteiger partial charge in [0.15, 0.2) is 0 Å². The summed E-state index contributed by atoms with van der Waals surface area (Å²) in [6.07, 6.45) is 14.3. The normalized spacial score (nSPS) is 24.3. The predicted octanol–water partition coefficient (Wildman–Crippen LogP) is 10.5. The first-order valence-corrected chi connectivity index (χ1v) is 18.1. The first kappa shape index (κ1) is 29.1. The van der Waals surface area contributed by atoms with Crippen LogP contribution in [0.1, 0.15) is 64.9 Å². The third kappa shape index (κ3) is 4.67. The van der Waals surface area contributed by atoms with Crippen LogP contribution >= 0.6 is 0 Å². The number of hydrogen-bond donors (Lipinski definition) is 0. The second-order valence-corrected chi connectivity index (χ2v) is 16.3. The molecule has 6 nitrogen and oxygen atoms in total. The fraction of sp³-hybridized carbons (Fsp3) is 0.349. The van der Waals surface area contributed by atoms with E-state index in [0.29, 0.717) is 0 Å². The van der Waals surface area contributed by atoms with Crippen molar-refractivity contribution in [2.24, 2.45) is 17.8 Å². The molecule has 0 N–H and O–H groups in total. The quantitative estimate of drug-likeness (QED) is 0.187. The van der Waals surface area contributed by atoms with Crippen LogP contribution in [0.3, 0.4) is 0 Å². The van der Waals surface area contributed by atoms with Crippen LogP contribution in [0.4, 0.5) is 17.1 Å². The SMILES string of the molecule is CC(C)(C)c1ccnc(-n2c3ccccc3c3ccc(Oc4cccc(N5CN(C67CC8CC(CC(C8)C6)C7)c6ccncc65)c4)cc32)c1. The Morgan fingerprint density at radius 1 is 0.714 bits per heavy atom. The summed E-state index contributed by atoms with van der Waals surface area (Å²) < 4.78 is 8.95. The van der Waals surface area contributed by atoms with Crippen LogP contribution in [0.5, 0.6) is 11.5 Å². The number of benzene rings is 3. The predicted molar refractivity (Wildman–Crippen MR) is 198 cm³/mol. The lowest BCUT2D eigenvalue weighted by Gasteiger charge is -2.60. The van der Waals surface area contributed by atoms with Crippen molar-refractivity contribution in [1.82, 2.24) is 14.5 Å².